The van der Waals surface area contributed by atoms with E-state index in [4.69, 9.17) is 10.5 Å². The van der Waals surface area contributed by atoms with E-state index in [1.807, 2.05) is 6.92 Å². The Hall–Kier alpha value is -1.02. The first-order chi connectivity index (χ1) is 9.35. The van der Waals surface area contributed by atoms with Gasteiger partial charge < -0.3 is 10.5 Å². The van der Waals surface area contributed by atoms with Gasteiger partial charge in [0.25, 0.3) is 0 Å². The van der Waals surface area contributed by atoms with Crippen molar-refractivity contribution in [2.45, 2.75) is 51.4 Å². The summed E-state index contributed by atoms with van der Waals surface area (Å²) in [6, 6.07) is 8.57. The van der Waals surface area contributed by atoms with Crippen LogP contribution in [-0.2, 0) is 0 Å². The third-order valence-corrected chi connectivity index (χ3v) is 4.34. The molecule has 2 nitrogen and oxygen atoms in total. The van der Waals surface area contributed by atoms with Crippen LogP contribution in [0, 0.1) is 5.92 Å². The summed E-state index contributed by atoms with van der Waals surface area (Å²) in [5.41, 5.74) is 7.44. The zero-order valence-corrected chi connectivity index (χ0v) is 12.1. The molecule has 0 amide bonds. The molecule has 1 aliphatic rings. The monoisotopic (exact) mass is 261 g/mol. The maximum Gasteiger partial charge on any atom is 0.119 e. The van der Waals surface area contributed by atoms with Gasteiger partial charge in [0.1, 0.15) is 5.75 Å². The summed E-state index contributed by atoms with van der Waals surface area (Å²) in [6.45, 7) is 3.50. The lowest BCUT2D eigenvalue weighted by Gasteiger charge is -2.25. The van der Waals surface area contributed by atoms with Gasteiger partial charge in [-0.1, -0.05) is 37.8 Å². The molecule has 2 heteroatoms. The lowest BCUT2D eigenvalue weighted by molar-refractivity contribution is 0.339. The first kappa shape index (κ1) is 14.4. The number of hydrogen-bond donors (Lipinski definition) is 1. The van der Waals surface area contributed by atoms with Crippen LogP contribution in [0.3, 0.4) is 0 Å². The molecular weight excluding hydrogens is 234 g/mol. The van der Waals surface area contributed by atoms with E-state index >= 15 is 0 Å². The average Bonchev–Trinajstić information content (AvgIpc) is 2.71. The molecule has 1 aromatic rings. The summed E-state index contributed by atoms with van der Waals surface area (Å²) in [5, 5.41) is 0. The second kappa shape index (κ2) is 7.54. The molecule has 19 heavy (non-hydrogen) atoms. The van der Waals surface area contributed by atoms with Gasteiger partial charge in [0.2, 0.25) is 0 Å². The van der Waals surface area contributed by atoms with E-state index in [2.05, 4.69) is 24.3 Å². The lowest BCUT2D eigenvalue weighted by Crippen LogP contribution is -2.21. The summed E-state index contributed by atoms with van der Waals surface area (Å²) in [5.74, 6) is 2.25. The SMILES string of the molecule is CCOc1ccc(C(CN)C2CCCCCC2)cc1. The van der Waals surface area contributed by atoms with Crippen LogP contribution < -0.4 is 10.5 Å². The highest BCUT2D eigenvalue weighted by molar-refractivity contribution is 5.30. The van der Waals surface area contributed by atoms with Crippen LogP contribution in [-0.4, -0.2) is 13.2 Å². The molecule has 1 atom stereocenters. The van der Waals surface area contributed by atoms with Crippen molar-refractivity contribution in [3.8, 4) is 5.75 Å². The Morgan fingerprint density at radius 1 is 1.11 bits per heavy atom. The van der Waals surface area contributed by atoms with Gasteiger partial charge in [0.15, 0.2) is 0 Å². The van der Waals surface area contributed by atoms with Crippen molar-refractivity contribution in [2.75, 3.05) is 13.2 Å². The van der Waals surface area contributed by atoms with Gasteiger partial charge in [0.05, 0.1) is 6.61 Å². The molecule has 0 saturated heterocycles. The van der Waals surface area contributed by atoms with E-state index in [0.29, 0.717) is 5.92 Å². The van der Waals surface area contributed by atoms with Gasteiger partial charge in [-0.25, -0.2) is 0 Å². The number of ether oxygens (including phenoxy) is 1. The van der Waals surface area contributed by atoms with Gasteiger partial charge in [-0.05, 0) is 55.8 Å². The summed E-state index contributed by atoms with van der Waals surface area (Å²) in [7, 11) is 0. The normalized spacial score (nSPS) is 18.8. The van der Waals surface area contributed by atoms with Crippen LogP contribution in [0.25, 0.3) is 0 Å². The Bertz CT molecular complexity index is 352. The van der Waals surface area contributed by atoms with Crippen molar-refractivity contribution in [2.24, 2.45) is 11.7 Å². The minimum atomic E-state index is 0.522. The standard InChI is InChI=1S/C17H27NO/c1-2-19-16-11-9-15(10-12-16)17(13-18)14-7-5-3-4-6-8-14/h9-12,14,17H,2-8,13,18H2,1H3. The molecule has 0 aliphatic heterocycles. The minimum Gasteiger partial charge on any atom is -0.494 e. The smallest absolute Gasteiger partial charge is 0.119 e. The summed E-state index contributed by atoms with van der Waals surface area (Å²) >= 11 is 0. The zero-order valence-electron chi connectivity index (χ0n) is 12.1. The van der Waals surface area contributed by atoms with E-state index in [1.54, 1.807) is 0 Å². The van der Waals surface area contributed by atoms with Crippen LogP contribution in [0.15, 0.2) is 24.3 Å². The number of rotatable bonds is 5. The summed E-state index contributed by atoms with van der Waals surface area (Å²) < 4.78 is 5.51. The second-order valence-corrected chi connectivity index (χ2v) is 5.60. The molecule has 1 saturated carbocycles. The Kier molecular flexibility index (Phi) is 5.71. The lowest BCUT2D eigenvalue weighted by atomic mass is 9.81. The average molecular weight is 261 g/mol. The highest BCUT2D eigenvalue weighted by Gasteiger charge is 2.22. The number of nitrogens with two attached hydrogens (primary N) is 1. The Balaban J connectivity index is 2.06. The molecule has 1 fully saturated rings. The fourth-order valence-electron chi connectivity index (χ4n) is 3.29. The topological polar surface area (TPSA) is 35.2 Å². The highest BCUT2D eigenvalue weighted by atomic mass is 16.5. The van der Waals surface area contributed by atoms with E-state index in [0.717, 1.165) is 24.8 Å². The van der Waals surface area contributed by atoms with Gasteiger partial charge in [-0.15, -0.1) is 0 Å². The van der Waals surface area contributed by atoms with Crippen LogP contribution in [0.4, 0.5) is 0 Å². The van der Waals surface area contributed by atoms with E-state index in [9.17, 15) is 0 Å². The van der Waals surface area contributed by atoms with Crippen LogP contribution in [0.2, 0.25) is 0 Å². The maximum atomic E-state index is 6.05. The number of benzene rings is 1. The molecule has 0 aromatic heterocycles. The van der Waals surface area contributed by atoms with Gasteiger partial charge in [0, 0.05) is 0 Å². The Morgan fingerprint density at radius 2 is 1.74 bits per heavy atom. The Labute approximate surface area is 117 Å². The van der Waals surface area contributed by atoms with Gasteiger partial charge >= 0.3 is 0 Å². The fourth-order valence-corrected chi connectivity index (χ4v) is 3.29. The third-order valence-electron chi connectivity index (χ3n) is 4.34. The van der Waals surface area contributed by atoms with Crippen LogP contribution >= 0.6 is 0 Å². The molecule has 2 rings (SSSR count). The predicted molar refractivity (Wildman–Crippen MR) is 80.6 cm³/mol. The first-order valence-electron chi connectivity index (χ1n) is 7.78. The van der Waals surface area contributed by atoms with Crippen molar-refractivity contribution in [1.82, 2.24) is 0 Å². The molecule has 0 radical (unpaired) electrons. The number of hydrogen-bond acceptors (Lipinski definition) is 2. The van der Waals surface area contributed by atoms with Gasteiger partial charge in [-0.3, -0.25) is 0 Å². The fraction of sp³-hybridized carbons (Fsp3) is 0.647. The molecular formula is C17H27NO. The van der Waals surface area contributed by atoms with Crippen LogP contribution in [0.5, 0.6) is 5.75 Å². The van der Waals surface area contributed by atoms with E-state index < -0.39 is 0 Å². The molecule has 1 aromatic carbocycles. The molecule has 0 heterocycles. The van der Waals surface area contributed by atoms with Crippen LogP contribution in [0.1, 0.15) is 56.9 Å². The molecule has 2 N–H and O–H groups in total. The molecule has 0 spiro atoms. The zero-order chi connectivity index (χ0) is 13.5. The largest absolute Gasteiger partial charge is 0.494 e. The third kappa shape index (κ3) is 3.97. The van der Waals surface area contributed by atoms with Crippen molar-refractivity contribution < 1.29 is 4.74 Å². The van der Waals surface area contributed by atoms with Crippen molar-refractivity contribution >= 4 is 0 Å². The quantitative estimate of drug-likeness (QED) is 0.810. The van der Waals surface area contributed by atoms with Crippen molar-refractivity contribution in [3.63, 3.8) is 0 Å². The van der Waals surface area contributed by atoms with Gasteiger partial charge in [-0.2, -0.15) is 0 Å². The van der Waals surface area contributed by atoms with E-state index in [-0.39, 0.29) is 0 Å². The summed E-state index contributed by atoms with van der Waals surface area (Å²) in [6.07, 6.45) is 8.23. The molecule has 0 bridgehead atoms. The predicted octanol–water partition coefficient (Wildman–Crippen LogP) is 4.10. The first-order valence-corrected chi connectivity index (χ1v) is 7.78. The maximum absolute atomic E-state index is 6.05. The summed E-state index contributed by atoms with van der Waals surface area (Å²) in [4.78, 5) is 0. The van der Waals surface area contributed by atoms with Crippen molar-refractivity contribution in [3.05, 3.63) is 29.8 Å². The van der Waals surface area contributed by atoms with E-state index in [1.165, 1.54) is 44.1 Å². The highest BCUT2D eigenvalue weighted by Crippen LogP contribution is 2.35. The minimum absolute atomic E-state index is 0.522. The van der Waals surface area contributed by atoms with Crippen molar-refractivity contribution in [1.29, 1.82) is 0 Å². The molecule has 1 unspecified atom stereocenters. The Morgan fingerprint density at radius 3 is 2.26 bits per heavy atom. The second-order valence-electron chi connectivity index (χ2n) is 5.60. The molecule has 1 aliphatic carbocycles. The molecule has 106 valence electrons.